The average molecular weight is 346 g/mol. The van der Waals surface area contributed by atoms with Crippen molar-refractivity contribution in [2.75, 3.05) is 6.54 Å². The first-order valence-electron chi connectivity index (χ1n) is 7.50. The first kappa shape index (κ1) is 16.3. The number of carbonyl (C=O) groups is 1. The molecule has 0 aliphatic rings. The molecule has 0 unspecified atom stereocenters. The predicted octanol–water partition coefficient (Wildman–Crippen LogP) is 3.19. The fraction of sp³-hybridized carbons (Fsp3) is 0.235. The van der Waals surface area contributed by atoms with Crippen LogP contribution >= 0.6 is 11.6 Å². The minimum atomic E-state index is -0.119. The standard InChI is InChI=1S/C17H16ClN3O3/c1-11-8-14(20-23-11)6-7-19-17(22)10-15-9-16(24-21-15)12-2-4-13(18)5-3-12/h2-5,8-9H,6-7,10H2,1H3,(H,19,22). The molecule has 3 rings (SSSR count). The number of carbonyl (C=O) groups excluding carboxylic acids is 1. The number of amides is 1. The van der Waals surface area contributed by atoms with Crippen molar-refractivity contribution in [3.8, 4) is 11.3 Å². The summed E-state index contributed by atoms with van der Waals surface area (Å²) in [5.74, 6) is 1.24. The van der Waals surface area contributed by atoms with E-state index in [1.54, 1.807) is 18.2 Å². The fourth-order valence-corrected chi connectivity index (χ4v) is 2.36. The van der Waals surface area contributed by atoms with Crippen molar-refractivity contribution in [3.63, 3.8) is 0 Å². The van der Waals surface area contributed by atoms with Gasteiger partial charge in [0, 0.05) is 35.7 Å². The van der Waals surface area contributed by atoms with Crippen molar-refractivity contribution in [2.45, 2.75) is 19.8 Å². The highest BCUT2D eigenvalue weighted by molar-refractivity contribution is 6.30. The maximum absolute atomic E-state index is 11.9. The van der Waals surface area contributed by atoms with Crippen LogP contribution in [0.2, 0.25) is 5.02 Å². The second kappa shape index (κ2) is 7.31. The van der Waals surface area contributed by atoms with Crippen LogP contribution < -0.4 is 5.32 Å². The predicted molar refractivity (Wildman–Crippen MR) is 88.6 cm³/mol. The third-order valence-corrected chi connectivity index (χ3v) is 3.66. The SMILES string of the molecule is Cc1cc(CCNC(=O)Cc2cc(-c3ccc(Cl)cc3)on2)no1. The summed E-state index contributed by atoms with van der Waals surface area (Å²) in [6.07, 6.45) is 0.785. The number of nitrogens with zero attached hydrogens (tertiary/aromatic N) is 2. The Kier molecular flexibility index (Phi) is 4.96. The third-order valence-electron chi connectivity index (χ3n) is 3.41. The normalized spacial score (nSPS) is 10.8. The molecule has 1 aromatic carbocycles. The zero-order chi connectivity index (χ0) is 16.9. The molecule has 0 aliphatic carbocycles. The monoisotopic (exact) mass is 345 g/mol. The van der Waals surface area contributed by atoms with Gasteiger partial charge in [0.1, 0.15) is 5.76 Å². The van der Waals surface area contributed by atoms with E-state index in [-0.39, 0.29) is 12.3 Å². The van der Waals surface area contributed by atoms with E-state index in [1.165, 1.54) is 0 Å². The lowest BCUT2D eigenvalue weighted by Gasteiger charge is -2.01. The number of hydrogen-bond donors (Lipinski definition) is 1. The van der Waals surface area contributed by atoms with E-state index >= 15 is 0 Å². The Morgan fingerprint density at radius 2 is 1.88 bits per heavy atom. The number of aryl methyl sites for hydroxylation is 1. The van der Waals surface area contributed by atoms with Crippen molar-refractivity contribution in [3.05, 3.63) is 58.6 Å². The van der Waals surface area contributed by atoms with Crippen LogP contribution in [-0.4, -0.2) is 22.8 Å². The maximum atomic E-state index is 11.9. The Morgan fingerprint density at radius 3 is 2.58 bits per heavy atom. The largest absolute Gasteiger partial charge is 0.361 e. The molecular weight excluding hydrogens is 330 g/mol. The summed E-state index contributed by atoms with van der Waals surface area (Å²) < 4.78 is 10.2. The van der Waals surface area contributed by atoms with Crippen LogP contribution in [0.3, 0.4) is 0 Å². The van der Waals surface area contributed by atoms with Crippen LogP contribution in [0.4, 0.5) is 0 Å². The van der Waals surface area contributed by atoms with Gasteiger partial charge < -0.3 is 14.4 Å². The molecule has 0 spiro atoms. The minimum Gasteiger partial charge on any atom is -0.361 e. The molecule has 0 radical (unpaired) electrons. The molecule has 0 atom stereocenters. The van der Waals surface area contributed by atoms with Crippen LogP contribution in [0, 0.1) is 6.92 Å². The number of benzene rings is 1. The topological polar surface area (TPSA) is 81.2 Å². The molecule has 0 fully saturated rings. The molecule has 7 heteroatoms. The quantitative estimate of drug-likeness (QED) is 0.742. The van der Waals surface area contributed by atoms with Crippen LogP contribution in [-0.2, 0) is 17.6 Å². The molecule has 1 amide bonds. The average Bonchev–Trinajstić information content (AvgIpc) is 3.17. The first-order chi connectivity index (χ1) is 11.6. The molecule has 1 N–H and O–H groups in total. The Labute approximate surface area is 143 Å². The number of aromatic nitrogens is 2. The van der Waals surface area contributed by atoms with E-state index in [4.69, 9.17) is 20.6 Å². The summed E-state index contributed by atoms with van der Waals surface area (Å²) >= 11 is 5.86. The van der Waals surface area contributed by atoms with E-state index in [1.807, 2.05) is 25.1 Å². The number of halogens is 1. The highest BCUT2D eigenvalue weighted by Gasteiger charge is 2.11. The zero-order valence-corrected chi connectivity index (χ0v) is 13.8. The Hall–Kier alpha value is -2.60. The second-order valence-corrected chi connectivity index (χ2v) is 5.83. The lowest BCUT2D eigenvalue weighted by atomic mass is 10.1. The molecule has 3 aromatic rings. The summed E-state index contributed by atoms with van der Waals surface area (Å²) in [5.41, 5.74) is 2.26. The van der Waals surface area contributed by atoms with Gasteiger partial charge in [-0.3, -0.25) is 4.79 Å². The van der Waals surface area contributed by atoms with Gasteiger partial charge in [-0.05, 0) is 31.2 Å². The third kappa shape index (κ3) is 4.23. The summed E-state index contributed by atoms with van der Waals surface area (Å²) in [6, 6.07) is 10.8. The molecule has 0 saturated heterocycles. The summed E-state index contributed by atoms with van der Waals surface area (Å²) in [5, 5.41) is 11.3. The van der Waals surface area contributed by atoms with Crippen LogP contribution in [0.1, 0.15) is 17.1 Å². The highest BCUT2D eigenvalue weighted by atomic mass is 35.5. The summed E-state index contributed by atoms with van der Waals surface area (Å²) in [4.78, 5) is 11.9. The Balaban J connectivity index is 1.50. The van der Waals surface area contributed by atoms with E-state index in [0.717, 1.165) is 17.0 Å². The number of rotatable bonds is 6. The lowest BCUT2D eigenvalue weighted by molar-refractivity contribution is -0.120. The van der Waals surface area contributed by atoms with E-state index in [0.29, 0.717) is 29.4 Å². The van der Waals surface area contributed by atoms with Gasteiger partial charge in [-0.15, -0.1) is 0 Å². The van der Waals surface area contributed by atoms with Crippen molar-refractivity contribution in [1.29, 1.82) is 0 Å². The van der Waals surface area contributed by atoms with Crippen LogP contribution in [0.5, 0.6) is 0 Å². The van der Waals surface area contributed by atoms with Gasteiger partial charge in [-0.25, -0.2) is 0 Å². The van der Waals surface area contributed by atoms with E-state index in [9.17, 15) is 4.79 Å². The van der Waals surface area contributed by atoms with Gasteiger partial charge in [0.15, 0.2) is 5.76 Å². The van der Waals surface area contributed by atoms with Crippen molar-refractivity contribution in [1.82, 2.24) is 15.6 Å². The number of hydrogen-bond acceptors (Lipinski definition) is 5. The molecule has 0 saturated carbocycles. The van der Waals surface area contributed by atoms with Crippen LogP contribution in [0.25, 0.3) is 11.3 Å². The minimum absolute atomic E-state index is 0.119. The van der Waals surface area contributed by atoms with Gasteiger partial charge in [0.2, 0.25) is 5.91 Å². The van der Waals surface area contributed by atoms with Gasteiger partial charge in [0.05, 0.1) is 17.8 Å². The molecule has 124 valence electrons. The first-order valence-corrected chi connectivity index (χ1v) is 7.88. The molecule has 2 aromatic heterocycles. The number of nitrogens with one attached hydrogen (secondary N) is 1. The molecular formula is C17H16ClN3O3. The van der Waals surface area contributed by atoms with Crippen molar-refractivity contribution < 1.29 is 13.8 Å². The van der Waals surface area contributed by atoms with Crippen molar-refractivity contribution in [2.24, 2.45) is 0 Å². The molecule has 24 heavy (non-hydrogen) atoms. The zero-order valence-electron chi connectivity index (χ0n) is 13.1. The fourth-order valence-electron chi connectivity index (χ4n) is 2.24. The smallest absolute Gasteiger partial charge is 0.226 e. The molecule has 2 heterocycles. The molecule has 0 bridgehead atoms. The van der Waals surface area contributed by atoms with Crippen molar-refractivity contribution >= 4 is 17.5 Å². The van der Waals surface area contributed by atoms with E-state index in [2.05, 4.69) is 15.6 Å². The van der Waals surface area contributed by atoms with Gasteiger partial charge >= 0.3 is 0 Å². The lowest BCUT2D eigenvalue weighted by Crippen LogP contribution is -2.27. The second-order valence-electron chi connectivity index (χ2n) is 5.40. The maximum Gasteiger partial charge on any atom is 0.226 e. The van der Waals surface area contributed by atoms with Gasteiger partial charge in [-0.1, -0.05) is 21.9 Å². The molecule has 6 nitrogen and oxygen atoms in total. The van der Waals surface area contributed by atoms with Gasteiger partial charge in [-0.2, -0.15) is 0 Å². The summed E-state index contributed by atoms with van der Waals surface area (Å²) in [6.45, 7) is 2.32. The highest BCUT2D eigenvalue weighted by Crippen LogP contribution is 2.22. The Morgan fingerprint density at radius 1 is 1.12 bits per heavy atom. The molecule has 0 aliphatic heterocycles. The summed E-state index contributed by atoms with van der Waals surface area (Å²) in [7, 11) is 0. The Bertz CT molecular complexity index is 824. The van der Waals surface area contributed by atoms with Crippen LogP contribution in [0.15, 0.2) is 45.4 Å². The van der Waals surface area contributed by atoms with E-state index < -0.39 is 0 Å². The van der Waals surface area contributed by atoms with Gasteiger partial charge in [0.25, 0.3) is 0 Å².